The Hall–Kier alpha value is -4.23. The average molecular weight is 515 g/mol. The highest BCUT2D eigenvalue weighted by Crippen LogP contribution is 2.32. The summed E-state index contributed by atoms with van der Waals surface area (Å²) in [6.45, 7) is 1.19. The summed E-state index contributed by atoms with van der Waals surface area (Å²) in [4.78, 5) is 31.7. The quantitative estimate of drug-likeness (QED) is 0.376. The largest absolute Gasteiger partial charge is 0.416 e. The molecule has 0 radical (unpaired) electrons. The molecule has 0 saturated carbocycles. The van der Waals surface area contributed by atoms with Gasteiger partial charge in [-0.2, -0.15) is 13.2 Å². The Labute approximate surface area is 206 Å². The summed E-state index contributed by atoms with van der Waals surface area (Å²) in [6.07, 6.45) is -6.07. The lowest BCUT2D eigenvalue weighted by Crippen LogP contribution is -2.61. The van der Waals surface area contributed by atoms with Gasteiger partial charge in [0, 0.05) is 17.1 Å². The van der Waals surface area contributed by atoms with E-state index in [1.165, 1.54) is 35.2 Å². The number of aliphatic hydroxyl groups is 1. The van der Waals surface area contributed by atoms with Crippen molar-refractivity contribution in [3.8, 4) is 0 Å². The number of alkyl halides is 3. The SMILES string of the molecule is CC(O)(C(=O)Nc1ccc2c(N)noc2c1)C1OCCN(c2ccc3cc(C(F)(F)F)ccc3n2)C1=O. The topological polar surface area (TPSA) is 144 Å². The molecule has 1 fully saturated rings. The highest BCUT2D eigenvalue weighted by atomic mass is 19.4. The van der Waals surface area contributed by atoms with Crippen LogP contribution in [-0.4, -0.2) is 51.9 Å². The molecule has 2 unspecified atom stereocenters. The Morgan fingerprint density at radius 2 is 1.97 bits per heavy atom. The van der Waals surface area contributed by atoms with Crippen LogP contribution in [0.4, 0.5) is 30.5 Å². The van der Waals surface area contributed by atoms with Crippen LogP contribution >= 0.6 is 0 Å². The minimum Gasteiger partial charge on any atom is -0.380 e. The van der Waals surface area contributed by atoms with Gasteiger partial charge in [-0.25, -0.2) is 4.98 Å². The van der Waals surface area contributed by atoms with Crippen molar-refractivity contribution in [2.24, 2.45) is 0 Å². The summed E-state index contributed by atoms with van der Waals surface area (Å²) < 4.78 is 49.6. The van der Waals surface area contributed by atoms with Crippen LogP contribution in [0.1, 0.15) is 12.5 Å². The first-order valence-corrected chi connectivity index (χ1v) is 11.0. The summed E-state index contributed by atoms with van der Waals surface area (Å²) >= 11 is 0. The molecule has 1 aliphatic rings. The number of halogens is 3. The number of nitrogens with two attached hydrogens (primary N) is 1. The third-order valence-electron chi connectivity index (χ3n) is 6.10. The van der Waals surface area contributed by atoms with E-state index in [0.717, 1.165) is 19.1 Å². The second-order valence-corrected chi connectivity index (χ2v) is 8.70. The summed E-state index contributed by atoms with van der Waals surface area (Å²) in [5.41, 5.74) is 3.41. The molecule has 10 nitrogen and oxygen atoms in total. The molecular formula is C24H20F3N5O5. The first-order chi connectivity index (χ1) is 17.4. The van der Waals surface area contributed by atoms with Gasteiger partial charge < -0.3 is 25.4 Å². The molecule has 192 valence electrons. The Balaban J connectivity index is 1.36. The molecule has 1 saturated heterocycles. The molecule has 37 heavy (non-hydrogen) atoms. The van der Waals surface area contributed by atoms with Crippen LogP contribution in [0.3, 0.4) is 0 Å². The third-order valence-corrected chi connectivity index (χ3v) is 6.10. The van der Waals surface area contributed by atoms with Crippen molar-refractivity contribution in [2.45, 2.75) is 24.8 Å². The van der Waals surface area contributed by atoms with Gasteiger partial charge in [-0.05, 0) is 49.4 Å². The van der Waals surface area contributed by atoms with Crippen LogP contribution in [0, 0.1) is 0 Å². The predicted molar refractivity (Wildman–Crippen MR) is 127 cm³/mol. The number of nitrogens with one attached hydrogen (secondary N) is 1. The fourth-order valence-electron chi connectivity index (χ4n) is 4.07. The van der Waals surface area contributed by atoms with Crippen molar-refractivity contribution >= 4 is 51.0 Å². The number of benzene rings is 2. The minimum atomic E-state index is -4.50. The van der Waals surface area contributed by atoms with Gasteiger partial charge in [0.25, 0.3) is 11.8 Å². The van der Waals surface area contributed by atoms with Crippen LogP contribution in [0.5, 0.6) is 0 Å². The van der Waals surface area contributed by atoms with E-state index in [1.54, 1.807) is 6.07 Å². The van der Waals surface area contributed by atoms with E-state index in [4.69, 9.17) is 15.0 Å². The Morgan fingerprint density at radius 3 is 2.73 bits per heavy atom. The zero-order chi connectivity index (χ0) is 26.5. The van der Waals surface area contributed by atoms with E-state index in [-0.39, 0.29) is 41.4 Å². The molecule has 4 aromatic rings. The number of anilines is 3. The van der Waals surface area contributed by atoms with Gasteiger partial charge in [0.1, 0.15) is 5.82 Å². The summed E-state index contributed by atoms with van der Waals surface area (Å²) in [5, 5.41) is 18.0. The number of hydrogen-bond donors (Lipinski definition) is 3. The normalized spacial score (nSPS) is 18.2. The zero-order valence-electron chi connectivity index (χ0n) is 19.2. The number of morpholine rings is 1. The van der Waals surface area contributed by atoms with Crippen LogP contribution < -0.4 is 16.0 Å². The summed E-state index contributed by atoms with van der Waals surface area (Å²) in [7, 11) is 0. The maximum atomic E-state index is 13.3. The van der Waals surface area contributed by atoms with Crippen molar-refractivity contribution < 1.29 is 37.1 Å². The average Bonchev–Trinajstić information content (AvgIpc) is 3.22. The number of carbonyl (C=O) groups excluding carboxylic acids is 2. The van der Waals surface area contributed by atoms with E-state index in [0.29, 0.717) is 11.0 Å². The van der Waals surface area contributed by atoms with Crippen LogP contribution in [0.2, 0.25) is 0 Å². The maximum absolute atomic E-state index is 13.3. The molecular weight excluding hydrogens is 495 g/mol. The zero-order valence-corrected chi connectivity index (χ0v) is 19.2. The molecule has 0 bridgehead atoms. The molecule has 5 rings (SSSR count). The highest BCUT2D eigenvalue weighted by Gasteiger charge is 2.48. The Kier molecular flexibility index (Phi) is 5.76. The minimum absolute atomic E-state index is 0.0180. The predicted octanol–water partition coefficient (Wildman–Crippen LogP) is 3.10. The number of aromatic nitrogens is 2. The lowest BCUT2D eigenvalue weighted by molar-refractivity contribution is -0.165. The number of hydrogen-bond acceptors (Lipinski definition) is 8. The van der Waals surface area contributed by atoms with Gasteiger partial charge in [-0.15, -0.1) is 0 Å². The Morgan fingerprint density at radius 1 is 1.19 bits per heavy atom. The fraction of sp³-hybridized carbons (Fsp3) is 0.250. The fourth-order valence-corrected chi connectivity index (χ4v) is 4.07. The number of fused-ring (bicyclic) bond motifs is 2. The molecule has 1 aliphatic heterocycles. The molecule has 2 aromatic carbocycles. The van der Waals surface area contributed by atoms with Crippen LogP contribution in [-0.2, 0) is 20.5 Å². The highest BCUT2D eigenvalue weighted by molar-refractivity contribution is 6.06. The molecule has 2 atom stereocenters. The van der Waals surface area contributed by atoms with E-state index in [1.807, 2.05) is 0 Å². The van der Waals surface area contributed by atoms with Crippen molar-refractivity contribution in [1.29, 1.82) is 0 Å². The molecule has 2 aromatic heterocycles. The molecule has 3 heterocycles. The Bertz CT molecular complexity index is 1530. The lowest BCUT2D eigenvalue weighted by atomic mass is 9.95. The van der Waals surface area contributed by atoms with Crippen molar-refractivity contribution in [3.63, 3.8) is 0 Å². The van der Waals surface area contributed by atoms with Gasteiger partial charge in [0.2, 0.25) is 0 Å². The number of pyridine rings is 1. The monoisotopic (exact) mass is 515 g/mol. The van der Waals surface area contributed by atoms with Crippen molar-refractivity contribution in [1.82, 2.24) is 10.1 Å². The molecule has 2 amide bonds. The first kappa shape index (κ1) is 24.5. The van der Waals surface area contributed by atoms with Gasteiger partial charge in [0.05, 0.1) is 29.6 Å². The standard InChI is InChI=1S/C24H20F3N5O5/c1-23(35,22(34)29-14-4-5-15-17(11-14)37-31-20(15)28)19-21(33)32(8-9-36-19)18-7-2-12-10-13(24(25,26)27)3-6-16(12)30-18/h2-7,10-11,19,35H,8-9H2,1H3,(H2,28,31)(H,29,34). The van der Waals surface area contributed by atoms with Gasteiger partial charge >= 0.3 is 6.18 Å². The van der Waals surface area contributed by atoms with Gasteiger partial charge in [-0.3, -0.25) is 14.5 Å². The molecule has 13 heteroatoms. The second-order valence-electron chi connectivity index (χ2n) is 8.70. The van der Waals surface area contributed by atoms with E-state index < -0.39 is 35.3 Å². The van der Waals surface area contributed by atoms with E-state index >= 15 is 0 Å². The van der Waals surface area contributed by atoms with Crippen molar-refractivity contribution in [3.05, 3.63) is 54.1 Å². The number of amides is 2. The first-order valence-electron chi connectivity index (χ1n) is 11.0. The number of ether oxygens (including phenoxy) is 1. The van der Waals surface area contributed by atoms with Crippen LogP contribution in [0.15, 0.2) is 53.1 Å². The number of rotatable bonds is 4. The smallest absolute Gasteiger partial charge is 0.380 e. The molecule has 4 N–H and O–H groups in total. The number of nitrogens with zero attached hydrogens (tertiary/aromatic N) is 3. The van der Waals surface area contributed by atoms with E-state index in [2.05, 4.69) is 15.5 Å². The lowest BCUT2D eigenvalue weighted by Gasteiger charge is -2.38. The second kappa shape index (κ2) is 8.71. The third kappa shape index (κ3) is 4.42. The van der Waals surface area contributed by atoms with Crippen LogP contribution in [0.25, 0.3) is 21.9 Å². The molecule has 0 spiro atoms. The van der Waals surface area contributed by atoms with E-state index in [9.17, 15) is 27.9 Å². The number of nitrogen functional groups attached to an aromatic ring is 1. The number of carbonyl (C=O) groups is 2. The van der Waals surface area contributed by atoms with Crippen molar-refractivity contribution in [2.75, 3.05) is 29.1 Å². The summed E-state index contributed by atoms with van der Waals surface area (Å²) in [6, 6.07) is 10.5. The van der Waals surface area contributed by atoms with Gasteiger partial charge in [-0.1, -0.05) is 5.16 Å². The molecule has 0 aliphatic carbocycles. The summed E-state index contributed by atoms with van der Waals surface area (Å²) in [5.74, 6) is -1.31. The maximum Gasteiger partial charge on any atom is 0.416 e. The van der Waals surface area contributed by atoms with Gasteiger partial charge in [0.15, 0.2) is 23.1 Å².